The Labute approximate surface area is 191 Å². The van der Waals surface area contributed by atoms with Crippen LogP contribution in [-0.4, -0.2) is 49.5 Å². The monoisotopic (exact) mass is 481 g/mol. The second kappa shape index (κ2) is 7.36. The number of nitrogens with zero attached hydrogens (tertiary/aromatic N) is 1. The van der Waals surface area contributed by atoms with Gasteiger partial charge in [0.1, 0.15) is 23.0 Å². The van der Waals surface area contributed by atoms with E-state index in [1.807, 2.05) is 0 Å². The molecule has 7 nitrogen and oxygen atoms in total. The Balaban J connectivity index is 1.63. The first-order chi connectivity index (χ1) is 15.2. The molecule has 2 aliphatic heterocycles. The summed E-state index contributed by atoms with van der Waals surface area (Å²) in [5.41, 5.74) is 4.10. The number of halogens is 3. The summed E-state index contributed by atoms with van der Waals surface area (Å²) in [7, 11) is 0. The van der Waals surface area contributed by atoms with Crippen molar-refractivity contribution < 1.29 is 32.7 Å². The highest BCUT2D eigenvalue weighted by atomic mass is 32.2. The number of carbonyl (C=O) groups is 3. The van der Waals surface area contributed by atoms with Crippen LogP contribution in [0.25, 0.3) is 10.8 Å². The molecule has 2 aromatic carbocycles. The molecule has 0 spiro atoms. The number of β-lactam (4-membered cyclic amide) rings is 1. The highest BCUT2D eigenvalue weighted by Gasteiger charge is 2.70. The number of nitrogens with one attached hydrogen (secondary N) is 1. The molecular weight excluding hydrogens is 459 g/mol. The summed E-state index contributed by atoms with van der Waals surface area (Å²) < 4.78 is 39.4. The van der Waals surface area contributed by atoms with E-state index in [1.54, 1.807) is 19.9 Å². The van der Waals surface area contributed by atoms with Crippen molar-refractivity contribution in [1.82, 2.24) is 10.2 Å². The molecule has 33 heavy (non-hydrogen) atoms. The molecule has 2 amide bonds. The minimum atomic E-state index is -4.58. The molecule has 176 valence electrons. The van der Waals surface area contributed by atoms with Gasteiger partial charge in [0, 0.05) is 4.75 Å². The van der Waals surface area contributed by atoms with Crippen LogP contribution in [0.3, 0.4) is 0 Å². The molecular formula is C22H22F3N3O4S. The van der Waals surface area contributed by atoms with Crippen molar-refractivity contribution in [3.63, 3.8) is 0 Å². The van der Waals surface area contributed by atoms with E-state index in [-0.39, 0.29) is 16.3 Å². The smallest absolute Gasteiger partial charge is 0.417 e. The predicted molar refractivity (Wildman–Crippen MR) is 116 cm³/mol. The number of hydrogen-bond acceptors (Lipinski definition) is 5. The van der Waals surface area contributed by atoms with Gasteiger partial charge in [-0.25, -0.2) is 4.79 Å². The quantitative estimate of drug-likeness (QED) is 0.579. The summed E-state index contributed by atoms with van der Waals surface area (Å²) in [6, 6.07) is 5.45. The van der Waals surface area contributed by atoms with Gasteiger partial charge in [-0.1, -0.05) is 30.3 Å². The number of carbonyl (C=O) groups excluding carboxylic acids is 2. The van der Waals surface area contributed by atoms with Crippen LogP contribution in [0.15, 0.2) is 36.4 Å². The van der Waals surface area contributed by atoms with Crippen molar-refractivity contribution >= 4 is 40.3 Å². The Morgan fingerprint density at radius 2 is 1.76 bits per heavy atom. The minimum absolute atomic E-state index is 0.0831. The van der Waals surface area contributed by atoms with Crippen molar-refractivity contribution in [1.29, 1.82) is 0 Å². The summed E-state index contributed by atoms with van der Waals surface area (Å²) >= 11 is 1.27. The van der Waals surface area contributed by atoms with E-state index in [0.29, 0.717) is 0 Å². The molecule has 11 heteroatoms. The van der Waals surface area contributed by atoms with E-state index in [1.165, 1.54) is 47.9 Å². The van der Waals surface area contributed by atoms with E-state index in [9.17, 15) is 32.7 Å². The van der Waals surface area contributed by atoms with Gasteiger partial charge in [0.15, 0.2) is 0 Å². The Bertz CT molecular complexity index is 1190. The molecule has 0 aromatic heterocycles. The van der Waals surface area contributed by atoms with Crippen LogP contribution in [0.1, 0.15) is 37.9 Å². The summed E-state index contributed by atoms with van der Waals surface area (Å²) in [5, 5.41) is 11.7. The first kappa shape index (κ1) is 23.4. The Morgan fingerprint density at radius 1 is 1.15 bits per heavy atom. The Kier molecular flexibility index (Phi) is 5.21. The van der Waals surface area contributed by atoms with Gasteiger partial charge in [0.25, 0.3) is 5.91 Å². The van der Waals surface area contributed by atoms with E-state index in [4.69, 9.17) is 5.73 Å². The van der Waals surface area contributed by atoms with Gasteiger partial charge >= 0.3 is 12.1 Å². The molecule has 2 saturated heterocycles. The van der Waals surface area contributed by atoms with E-state index in [0.717, 1.165) is 6.07 Å². The van der Waals surface area contributed by atoms with E-state index < -0.39 is 57.3 Å². The number of fused-ring (bicyclic) bond motifs is 2. The van der Waals surface area contributed by atoms with Crippen molar-refractivity contribution in [2.24, 2.45) is 5.73 Å². The largest absolute Gasteiger partial charge is 0.480 e. The van der Waals surface area contributed by atoms with Crippen LogP contribution >= 0.6 is 11.8 Å². The molecule has 0 radical (unpaired) electrons. The number of benzene rings is 2. The normalized spacial score (nSPS) is 27.1. The SMILES string of the molecule is CC1(C)S[C@H]2N(C(=O)[C@]2(C)NC(=O)C(N)c2ccc(C(F)(F)F)c3ccccc23)[C@H]1C(=O)O. The fraction of sp³-hybridized carbons (Fsp3) is 0.409. The number of aliphatic carboxylic acids is 1. The number of carboxylic acids is 1. The molecule has 0 aliphatic carbocycles. The van der Waals surface area contributed by atoms with E-state index in [2.05, 4.69) is 5.32 Å². The highest BCUT2D eigenvalue weighted by molar-refractivity contribution is 8.01. The van der Waals surface area contributed by atoms with Crippen molar-refractivity contribution in [2.45, 2.75) is 54.7 Å². The molecule has 0 saturated carbocycles. The van der Waals surface area contributed by atoms with Gasteiger partial charge in [-0.2, -0.15) is 13.2 Å². The lowest BCUT2D eigenvalue weighted by atomic mass is 9.85. The Morgan fingerprint density at radius 3 is 2.33 bits per heavy atom. The van der Waals surface area contributed by atoms with Gasteiger partial charge < -0.3 is 21.1 Å². The van der Waals surface area contributed by atoms with Gasteiger partial charge in [-0.05, 0) is 43.2 Å². The van der Waals surface area contributed by atoms with Crippen LogP contribution in [-0.2, 0) is 20.6 Å². The fourth-order valence-corrected chi connectivity index (χ4v) is 6.30. The summed E-state index contributed by atoms with van der Waals surface area (Å²) in [6.45, 7) is 4.92. The second-order valence-corrected chi connectivity index (χ2v) is 10.7. The molecule has 2 aromatic rings. The number of carboxylic acid groups (broad SMARTS) is 1. The zero-order valence-electron chi connectivity index (χ0n) is 17.9. The molecule has 2 heterocycles. The van der Waals surface area contributed by atoms with Crippen LogP contribution in [0.2, 0.25) is 0 Å². The average molecular weight is 481 g/mol. The molecule has 2 aliphatic rings. The maximum atomic E-state index is 13.4. The van der Waals surface area contributed by atoms with E-state index >= 15 is 0 Å². The number of hydrogen-bond donors (Lipinski definition) is 3. The second-order valence-electron chi connectivity index (χ2n) is 8.94. The summed E-state index contributed by atoms with van der Waals surface area (Å²) in [5.74, 6) is -2.42. The first-order valence-electron chi connectivity index (χ1n) is 10.1. The molecule has 4 rings (SSSR count). The fourth-order valence-electron chi connectivity index (χ4n) is 4.65. The third kappa shape index (κ3) is 3.45. The van der Waals surface area contributed by atoms with Gasteiger partial charge in [0.05, 0.1) is 5.56 Å². The summed E-state index contributed by atoms with van der Waals surface area (Å²) in [4.78, 5) is 38.9. The summed E-state index contributed by atoms with van der Waals surface area (Å²) in [6.07, 6.45) is -4.58. The number of alkyl halides is 3. The minimum Gasteiger partial charge on any atom is -0.480 e. The van der Waals surface area contributed by atoms with Crippen LogP contribution in [0, 0.1) is 0 Å². The topological polar surface area (TPSA) is 113 Å². The van der Waals surface area contributed by atoms with Gasteiger partial charge in [-0.15, -0.1) is 11.8 Å². The number of rotatable bonds is 4. The number of amides is 2. The molecule has 4 N–H and O–H groups in total. The Hall–Kier alpha value is -2.79. The average Bonchev–Trinajstić information content (AvgIpc) is 3.01. The molecule has 0 bridgehead atoms. The molecule has 4 atom stereocenters. The zero-order valence-corrected chi connectivity index (χ0v) is 18.8. The van der Waals surface area contributed by atoms with Crippen LogP contribution in [0.5, 0.6) is 0 Å². The third-order valence-electron chi connectivity index (χ3n) is 6.27. The van der Waals surface area contributed by atoms with Crippen molar-refractivity contribution in [3.8, 4) is 0 Å². The predicted octanol–water partition coefficient (Wildman–Crippen LogP) is 2.88. The third-order valence-corrected chi connectivity index (χ3v) is 8.03. The highest BCUT2D eigenvalue weighted by Crippen LogP contribution is 2.54. The lowest BCUT2D eigenvalue weighted by Gasteiger charge is -2.51. The van der Waals surface area contributed by atoms with Crippen molar-refractivity contribution in [3.05, 3.63) is 47.5 Å². The van der Waals surface area contributed by atoms with Gasteiger partial charge in [-0.3, -0.25) is 9.59 Å². The number of nitrogens with two attached hydrogens (primary N) is 1. The van der Waals surface area contributed by atoms with Crippen LogP contribution < -0.4 is 11.1 Å². The lowest BCUT2D eigenvalue weighted by Crippen LogP contribution is -2.78. The number of thioether (sulfide) groups is 1. The zero-order chi connectivity index (χ0) is 24.5. The maximum Gasteiger partial charge on any atom is 0.417 e. The lowest BCUT2D eigenvalue weighted by molar-refractivity contribution is -0.168. The van der Waals surface area contributed by atoms with Crippen LogP contribution in [0.4, 0.5) is 13.2 Å². The standard InChI is InChI=1S/C22H22F3N3O4S/c1-20(2)15(17(30)31)28-18(32)21(3,19(28)33-20)27-16(29)14(26)12-8-9-13(22(23,24)25)11-7-5-4-6-10(11)12/h4-9,14-15,19H,26H2,1-3H3,(H,27,29)(H,30,31)/t14?,15-,19+,21-/m0/s1. The van der Waals surface area contributed by atoms with Gasteiger partial charge in [0.2, 0.25) is 5.91 Å². The first-order valence-corrected chi connectivity index (χ1v) is 11.0. The molecule has 1 unspecified atom stereocenters. The van der Waals surface area contributed by atoms with Crippen molar-refractivity contribution in [2.75, 3.05) is 0 Å². The maximum absolute atomic E-state index is 13.4. The molecule has 2 fully saturated rings.